The monoisotopic (exact) mass is 448 g/mol. The third kappa shape index (κ3) is 8.05. The minimum absolute atomic E-state index is 0.350. The van der Waals surface area contributed by atoms with Crippen LogP contribution in [0.4, 0.5) is 9.59 Å². The fraction of sp³-hybridized carbons (Fsp3) is 0.400. The van der Waals surface area contributed by atoms with E-state index in [0.717, 1.165) is 25.7 Å². The van der Waals surface area contributed by atoms with Crippen LogP contribution in [0.25, 0.3) is 0 Å². The molecule has 174 valence electrons. The number of unbranched alkanes of at least 4 members (excludes halogenated alkanes) is 3. The highest BCUT2D eigenvalue weighted by atomic mass is 16.3. The van der Waals surface area contributed by atoms with Gasteiger partial charge in [-0.2, -0.15) is 0 Å². The molecule has 0 saturated heterocycles. The second kappa shape index (κ2) is 12.7. The summed E-state index contributed by atoms with van der Waals surface area (Å²) in [5, 5.41) is 5.27. The van der Waals surface area contributed by atoms with Gasteiger partial charge in [0.25, 0.3) is 11.8 Å². The number of aryl methyl sites for hydroxylation is 2. The maximum atomic E-state index is 11.8. The normalized spacial score (nSPS) is 10.2. The van der Waals surface area contributed by atoms with Crippen LogP contribution >= 0.6 is 0 Å². The molecule has 2 rings (SSSR count). The third-order valence-corrected chi connectivity index (χ3v) is 4.46. The van der Waals surface area contributed by atoms with Crippen LogP contribution in [0.1, 0.15) is 57.9 Å². The topological polar surface area (TPSA) is 167 Å². The summed E-state index contributed by atoms with van der Waals surface area (Å²) >= 11 is 0. The third-order valence-electron chi connectivity index (χ3n) is 4.46. The predicted octanol–water partition coefficient (Wildman–Crippen LogP) is 1.64. The number of urea groups is 2. The summed E-state index contributed by atoms with van der Waals surface area (Å²) in [7, 11) is 0. The van der Waals surface area contributed by atoms with Crippen LogP contribution in [0.5, 0.6) is 0 Å². The molecule has 0 bridgehead atoms. The molecule has 12 nitrogen and oxygen atoms in total. The standard InChI is InChI=1S/C20H28N6O6/c1-13-15(7-11-31-13)17(27)23-25-19(29)21-9-5-3-4-6-10-22-20(30)26-24-18(28)16-8-12-32-14(16)2/h7-8,11-12H,3-6,9-10H2,1-2H3,(H,23,27)(H,24,28)(H2,21,25,29)(H2,22,26,30). The van der Waals surface area contributed by atoms with Crippen molar-refractivity contribution in [3.8, 4) is 0 Å². The molecule has 0 aliphatic carbocycles. The molecule has 6 amide bonds. The smallest absolute Gasteiger partial charge is 0.333 e. The van der Waals surface area contributed by atoms with Crippen LogP contribution < -0.4 is 32.3 Å². The van der Waals surface area contributed by atoms with Crippen LogP contribution in [0.3, 0.4) is 0 Å². The van der Waals surface area contributed by atoms with E-state index in [1.807, 2.05) is 0 Å². The van der Waals surface area contributed by atoms with Gasteiger partial charge in [0.15, 0.2) is 0 Å². The summed E-state index contributed by atoms with van der Waals surface area (Å²) in [4.78, 5) is 47.0. The Hall–Kier alpha value is -3.96. The molecule has 2 aromatic heterocycles. The maximum absolute atomic E-state index is 11.8. The minimum Gasteiger partial charge on any atom is -0.469 e. The molecule has 6 N–H and O–H groups in total. The van der Waals surface area contributed by atoms with Crippen molar-refractivity contribution in [2.75, 3.05) is 13.1 Å². The number of rotatable bonds is 9. The van der Waals surface area contributed by atoms with Gasteiger partial charge in [0.1, 0.15) is 11.5 Å². The first-order valence-corrected chi connectivity index (χ1v) is 10.1. The zero-order valence-electron chi connectivity index (χ0n) is 18.0. The Bertz CT molecular complexity index is 847. The highest BCUT2D eigenvalue weighted by molar-refractivity contribution is 5.96. The van der Waals surface area contributed by atoms with Crippen molar-refractivity contribution in [2.45, 2.75) is 39.5 Å². The Morgan fingerprint density at radius 3 is 1.41 bits per heavy atom. The molecular formula is C20H28N6O6. The molecule has 0 spiro atoms. The van der Waals surface area contributed by atoms with Gasteiger partial charge >= 0.3 is 12.1 Å². The van der Waals surface area contributed by atoms with E-state index in [0.29, 0.717) is 35.7 Å². The van der Waals surface area contributed by atoms with E-state index in [4.69, 9.17) is 8.83 Å². The molecule has 0 aliphatic rings. The van der Waals surface area contributed by atoms with E-state index >= 15 is 0 Å². The van der Waals surface area contributed by atoms with Crippen LogP contribution in [0.15, 0.2) is 33.5 Å². The highest BCUT2D eigenvalue weighted by Crippen LogP contribution is 2.08. The quantitative estimate of drug-likeness (QED) is 0.252. The first-order valence-electron chi connectivity index (χ1n) is 10.1. The van der Waals surface area contributed by atoms with E-state index in [1.165, 1.54) is 24.7 Å². The number of carbonyl (C=O) groups is 4. The Balaban J connectivity index is 1.43. The van der Waals surface area contributed by atoms with E-state index in [9.17, 15) is 19.2 Å². The lowest BCUT2D eigenvalue weighted by molar-refractivity contribution is 0.0927. The number of hydrazine groups is 2. The van der Waals surface area contributed by atoms with Crippen molar-refractivity contribution < 1.29 is 28.0 Å². The van der Waals surface area contributed by atoms with Crippen LogP contribution in [-0.2, 0) is 0 Å². The van der Waals surface area contributed by atoms with Crippen LogP contribution in [-0.4, -0.2) is 37.0 Å². The Morgan fingerprint density at radius 1 is 0.656 bits per heavy atom. The largest absolute Gasteiger partial charge is 0.469 e. The Morgan fingerprint density at radius 2 is 1.06 bits per heavy atom. The lowest BCUT2D eigenvalue weighted by Crippen LogP contribution is -2.47. The van der Waals surface area contributed by atoms with Gasteiger partial charge in [-0.1, -0.05) is 12.8 Å². The molecule has 0 saturated carbocycles. The molecule has 0 aliphatic heterocycles. The number of hydrogen-bond donors (Lipinski definition) is 6. The molecule has 0 radical (unpaired) electrons. The summed E-state index contributed by atoms with van der Waals surface area (Å²) in [6.07, 6.45) is 5.98. The number of furan rings is 2. The van der Waals surface area contributed by atoms with Gasteiger partial charge in [-0.05, 0) is 38.8 Å². The molecule has 2 heterocycles. The fourth-order valence-corrected chi connectivity index (χ4v) is 2.70. The van der Waals surface area contributed by atoms with Crippen molar-refractivity contribution in [2.24, 2.45) is 0 Å². The summed E-state index contributed by atoms with van der Waals surface area (Å²) in [5.41, 5.74) is 9.83. The molecule has 32 heavy (non-hydrogen) atoms. The van der Waals surface area contributed by atoms with Gasteiger partial charge in [0, 0.05) is 13.1 Å². The lowest BCUT2D eigenvalue weighted by atomic mass is 10.2. The maximum Gasteiger partial charge on any atom is 0.333 e. The van der Waals surface area contributed by atoms with Gasteiger partial charge in [-0.3, -0.25) is 20.4 Å². The number of hydrogen-bond acceptors (Lipinski definition) is 6. The zero-order chi connectivity index (χ0) is 23.3. The average Bonchev–Trinajstić information content (AvgIpc) is 3.40. The average molecular weight is 448 g/mol. The number of carbonyl (C=O) groups excluding carboxylic acids is 4. The summed E-state index contributed by atoms with van der Waals surface area (Å²) < 4.78 is 10.1. The molecule has 12 heteroatoms. The van der Waals surface area contributed by atoms with Gasteiger partial charge in [-0.25, -0.2) is 20.4 Å². The molecule has 0 unspecified atom stereocenters. The molecule has 0 aromatic carbocycles. The van der Waals surface area contributed by atoms with Gasteiger partial charge < -0.3 is 19.5 Å². The van der Waals surface area contributed by atoms with Crippen molar-refractivity contribution in [3.63, 3.8) is 0 Å². The molecule has 0 fully saturated rings. The predicted molar refractivity (Wildman–Crippen MR) is 113 cm³/mol. The Kier molecular flexibility index (Phi) is 9.63. The summed E-state index contributed by atoms with van der Waals surface area (Å²) in [6, 6.07) is 2.01. The van der Waals surface area contributed by atoms with Crippen molar-refractivity contribution in [1.82, 2.24) is 32.3 Å². The molecule has 2 aromatic rings. The molecular weight excluding hydrogens is 420 g/mol. The second-order valence-electron chi connectivity index (χ2n) is 6.87. The fourth-order valence-electron chi connectivity index (χ4n) is 2.70. The van der Waals surface area contributed by atoms with E-state index in [1.54, 1.807) is 13.8 Å². The van der Waals surface area contributed by atoms with Crippen molar-refractivity contribution in [3.05, 3.63) is 47.3 Å². The first-order chi connectivity index (χ1) is 15.4. The highest BCUT2D eigenvalue weighted by Gasteiger charge is 2.12. The first kappa shape index (κ1) is 24.3. The minimum atomic E-state index is -0.509. The van der Waals surface area contributed by atoms with Gasteiger partial charge in [-0.15, -0.1) is 0 Å². The number of nitrogens with one attached hydrogen (secondary N) is 6. The summed E-state index contributed by atoms with van der Waals surface area (Å²) in [5.74, 6) is 0.00901. The van der Waals surface area contributed by atoms with E-state index < -0.39 is 23.9 Å². The number of amides is 6. The second-order valence-corrected chi connectivity index (χ2v) is 6.87. The van der Waals surface area contributed by atoms with E-state index in [2.05, 4.69) is 32.3 Å². The SMILES string of the molecule is Cc1occc1C(=O)NNC(=O)NCCCCCCNC(=O)NNC(=O)c1ccoc1C. The summed E-state index contributed by atoms with van der Waals surface area (Å²) in [6.45, 7) is 4.19. The van der Waals surface area contributed by atoms with E-state index in [-0.39, 0.29) is 0 Å². The van der Waals surface area contributed by atoms with Crippen molar-refractivity contribution in [1.29, 1.82) is 0 Å². The molecule has 0 atom stereocenters. The lowest BCUT2D eigenvalue weighted by Gasteiger charge is -2.09. The Labute approximate surface area is 184 Å². The van der Waals surface area contributed by atoms with Gasteiger partial charge in [0.2, 0.25) is 0 Å². The van der Waals surface area contributed by atoms with Crippen molar-refractivity contribution >= 4 is 23.9 Å². The van der Waals surface area contributed by atoms with Crippen LogP contribution in [0, 0.1) is 13.8 Å². The van der Waals surface area contributed by atoms with Crippen LogP contribution in [0.2, 0.25) is 0 Å². The van der Waals surface area contributed by atoms with Gasteiger partial charge in [0.05, 0.1) is 23.7 Å². The zero-order valence-corrected chi connectivity index (χ0v) is 18.0.